The lowest BCUT2D eigenvalue weighted by molar-refractivity contribution is 0.569. The Bertz CT molecular complexity index is 572. The molecule has 2 aromatic rings. The number of benzene rings is 2. The third kappa shape index (κ3) is 3.69. The molecule has 4 heteroatoms. The number of rotatable bonds is 4. The van der Waals surface area contributed by atoms with Gasteiger partial charge >= 0.3 is 0 Å². The summed E-state index contributed by atoms with van der Waals surface area (Å²) in [6.07, 6.45) is 0. The highest BCUT2D eigenvalue weighted by Crippen LogP contribution is 2.23. The summed E-state index contributed by atoms with van der Waals surface area (Å²) in [5.74, 6) is -0.286. The number of nitrogens with one attached hydrogen (secondary N) is 1. The molecule has 0 aliphatic rings. The Kier molecular flexibility index (Phi) is 4.81. The van der Waals surface area contributed by atoms with Crippen molar-refractivity contribution in [3.05, 3.63) is 69.5 Å². The Balaban J connectivity index is 2.06. The van der Waals surface area contributed by atoms with Gasteiger partial charge in [0.1, 0.15) is 5.82 Å². The molecular weight excluding hydrogens is 284 g/mol. The van der Waals surface area contributed by atoms with E-state index in [1.54, 1.807) is 6.07 Å². The lowest BCUT2D eigenvalue weighted by Crippen LogP contribution is -2.18. The minimum absolute atomic E-state index is 0.0630. The van der Waals surface area contributed by atoms with Crippen molar-refractivity contribution in [1.29, 1.82) is 0 Å². The molecule has 2 rings (SSSR count). The molecule has 0 aliphatic heterocycles. The highest BCUT2D eigenvalue weighted by molar-refractivity contribution is 6.31. The van der Waals surface area contributed by atoms with E-state index in [9.17, 15) is 4.39 Å². The van der Waals surface area contributed by atoms with Gasteiger partial charge in [0.15, 0.2) is 0 Å². The molecule has 0 fully saturated rings. The Morgan fingerprint density at radius 2 is 1.84 bits per heavy atom. The lowest BCUT2D eigenvalue weighted by atomic mass is 10.1. The number of halogens is 3. The van der Waals surface area contributed by atoms with Gasteiger partial charge in [-0.3, -0.25) is 0 Å². The molecule has 0 bridgehead atoms. The van der Waals surface area contributed by atoms with Crippen LogP contribution in [0, 0.1) is 5.82 Å². The van der Waals surface area contributed by atoms with Crippen molar-refractivity contribution >= 4 is 23.2 Å². The van der Waals surface area contributed by atoms with Crippen molar-refractivity contribution in [3.63, 3.8) is 0 Å². The predicted molar refractivity (Wildman–Crippen MR) is 78.1 cm³/mol. The van der Waals surface area contributed by atoms with E-state index in [4.69, 9.17) is 23.2 Å². The maximum atomic E-state index is 13.2. The highest BCUT2D eigenvalue weighted by Gasteiger charge is 2.09. The monoisotopic (exact) mass is 297 g/mol. The molecule has 0 saturated heterocycles. The third-order valence-corrected chi connectivity index (χ3v) is 3.69. The van der Waals surface area contributed by atoms with Crippen LogP contribution in [-0.2, 0) is 6.54 Å². The van der Waals surface area contributed by atoms with Gasteiger partial charge in [0.25, 0.3) is 0 Å². The van der Waals surface area contributed by atoms with E-state index in [0.29, 0.717) is 16.6 Å². The fraction of sp³-hybridized carbons (Fsp3) is 0.200. The van der Waals surface area contributed by atoms with Gasteiger partial charge in [-0.25, -0.2) is 4.39 Å². The van der Waals surface area contributed by atoms with Crippen molar-refractivity contribution in [2.75, 3.05) is 0 Å². The predicted octanol–water partition coefficient (Wildman–Crippen LogP) is 4.98. The zero-order valence-electron chi connectivity index (χ0n) is 10.5. The van der Waals surface area contributed by atoms with Gasteiger partial charge in [-0.1, -0.05) is 41.4 Å². The maximum absolute atomic E-state index is 13.2. The molecule has 0 radical (unpaired) electrons. The molecule has 1 N–H and O–H groups in total. The summed E-state index contributed by atoms with van der Waals surface area (Å²) in [4.78, 5) is 0. The topological polar surface area (TPSA) is 12.0 Å². The highest BCUT2D eigenvalue weighted by atomic mass is 35.5. The first-order valence-electron chi connectivity index (χ1n) is 5.99. The molecule has 0 unspecified atom stereocenters. The van der Waals surface area contributed by atoms with E-state index in [0.717, 1.165) is 11.1 Å². The normalized spacial score (nSPS) is 12.4. The zero-order valence-corrected chi connectivity index (χ0v) is 12.0. The molecule has 0 aromatic heterocycles. The molecule has 0 aliphatic carbocycles. The van der Waals surface area contributed by atoms with Crippen LogP contribution in [-0.4, -0.2) is 0 Å². The van der Waals surface area contributed by atoms with E-state index in [2.05, 4.69) is 5.32 Å². The van der Waals surface area contributed by atoms with Crippen molar-refractivity contribution in [2.24, 2.45) is 0 Å². The van der Waals surface area contributed by atoms with Crippen molar-refractivity contribution in [1.82, 2.24) is 5.32 Å². The second-order valence-electron chi connectivity index (χ2n) is 4.36. The van der Waals surface area contributed by atoms with E-state index in [1.807, 2.05) is 31.2 Å². The molecule has 2 aromatic carbocycles. The van der Waals surface area contributed by atoms with E-state index >= 15 is 0 Å². The molecule has 0 saturated carbocycles. The second kappa shape index (κ2) is 6.38. The summed E-state index contributed by atoms with van der Waals surface area (Å²) in [5, 5.41) is 4.56. The van der Waals surface area contributed by atoms with Crippen LogP contribution in [0.15, 0.2) is 42.5 Å². The van der Waals surface area contributed by atoms with Crippen LogP contribution in [0.25, 0.3) is 0 Å². The molecular formula is C15H14Cl2FN. The van der Waals surface area contributed by atoms with Crippen LogP contribution >= 0.6 is 23.2 Å². The molecule has 0 spiro atoms. The summed E-state index contributed by atoms with van der Waals surface area (Å²) in [7, 11) is 0. The lowest BCUT2D eigenvalue weighted by Gasteiger charge is -2.16. The molecule has 100 valence electrons. The largest absolute Gasteiger partial charge is 0.306 e. The van der Waals surface area contributed by atoms with Crippen LogP contribution in [0.4, 0.5) is 4.39 Å². The minimum atomic E-state index is -0.286. The first-order valence-corrected chi connectivity index (χ1v) is 6.75. The Hall–Kier alpha value is -1.09. The van der Waals surface area contributed by atoms with Gasteiger partial charge in [0.05, 0.1) is 0 Å². The molecule has 0 heterocycles. The van der Waals surface area contributed by atoms with Gasteiger partial charge in [-0.2, -0.15) is 0 Å². The Morgan fingerprint density at radius 1 is 1.11 bits per heavy atom. The van der Waals surface area contributed by atoms with Crippen molar-refractivity contribution in [3.8, 4) is 0 Å². The SMILES string of the molecule is C[C@H](NCc1cc(F)ccc1Cl)c1ccccc1Cl. The summed E-state index contributed by atoms with van der Waals surface area (Å²) < 4.78 is 13.2. The van der Waals surface area contributed by atoms with Crippen LogP contribution in [0.1, 0.15) is 24.1 Å². The van der Waals surface area contributed by atoms with Crippen LogP contribution < -0.4 is 5.32 Å². The first-order chi connectivity index (χ1) is 9.08. The summed E-state index contributed by atoms with van der Waals surface area (Å²) in [5.41, 5.74) is 1.75. The fourth-order valence-electron chi connectivity index (χ4n) is 1.88. The fourth-order valence-corrected chi connectivity index (χ4v) is 2.36. The average molecular weight is 298 g/mol. The average Bonchev–Trinajstić information content (AvgIpc) is 2.40. The summed E-state index contributed by atoms with van der Waals surface area (Å²) in [6.45, 7) is 2.50. The van der Waals surface area contributed by atoms with E-state index in [-0.39, 0.29) is 11.9 Å². The third-order valence-electron chi connectivity index (χ3n) is 2.98. The number of hydrogen-bond donors (Lipinski definition) is 1. The van der Waals surface area contributed by atoms with Gasteiger partial charge in [0, 0.05) is 22.6 Å². The number of hydrogen-bond acceptors (Lipinski definition) is 1. The van der Waals surface area contributed by atoms with Crippen molar-refractivity contribution in [2.45, 2.75) is 19.5 Å². The first kappa shape index (κ1) is 14.3. The second-order valence-corrected chi connectivity index (χ2v) is 5.17. The smallest absolute Gasteiger partial charge is 0.123 e. The van der Waals surface area contributed by atoms with Gasteiger partial charge in [-0.05, 0) is 42.3 Å². The van der Waals surface area contributed by atoms with Gasteiger partial charge in [-0.15, -0.1) is 0 Å². The van der Waals surface area contributed by atoms with Gasteiger partial charge < -0.3 is 5.32 Å². The van der Waals surface area contributed by atoms with Gasteiger partial charge in [0.2, 0.25) is 0 Å². The zero-order chi connectivity index (χ0) is 13.8. The van der Waals surface area contributed by atoms with Crippen LogP contribution in [0.3, 0.4) is 0 Å². The maximum Gasteiger partial charge on any atom is 0.123 e. The van der Waals surface area contributed by atoms with E-state index < -0.39 is 0 Å². The summed E-state index contributed by atoms with van der Waals surface area (Å²) in [6, 6.07) is 12.1. The molecule has 1 nitrogen and oxygen atoms in total. The Morgan fingerprint density at radius 3 is 2.58 bits per heavy atom. The molecule has 1 atom stereocenters. The Labute approximate surface area is 122 Å². The quantitative estimate of drug-likeness (QED) is 0.839. The molecule has 0 amide bonds. The van der Waals surface area contributed by atoms with Crippen LogP contribution in [0.2, 0.25) is 10.0 Å². The van der Waals surface area contributed by atoms with Crippen molar-refractivity contribution < 1.29 is 4.39 Å². The summed E-state index contributed by atoms with van der Waals surface area (Å²) >= 11 is 12.2. The molecule has 19 heavy (non-hydrogen) atoms. The van der Waals surface area contributed by atoms with E-state index in [1.165, 1.54) is 12.1 Å². The standard InChI is InChI=1S/C15H14Cl2FN/c1-10(13-4-2-3-5-15(13)17)19-9-11-8-12(18)6-7-14(11)16/h2-8,10,19H,9H2,1H3/t10-/m0/s1. The van der Waals surface area contributed by atoms with Crippen LogP contribution in [0.5, 0.6) is 0 Å². The minimum Gasteiger partial charge on any atom is -0.306 e.